The molecule has 29 heavy (non-hydrogen) atoms. The molecule has 2 aliphatic rings. The van der Waals surface area contributed by atoms with Gasteiger partial charge < -0.3 is 9.64 Å². The Bertz CT molecular complexity index is 924. The monoisotopic (exact) mass is 405 g/mol. The summed E-state index contributed by atoms with van der Waals surface area (Å²) in [7, 11) is 1.80. The van der Waals surface area contributed by atoms with Gasteiger partial charge in [0.25, 0.3) is 6.43 Å². The minimum absolute atomic E-state index is 0.103. The van der Waals surface area contributed by atoms with Gasteiger partial charge in [0.1, 0.15) is 23.7 Å². The second kappa shape index (κ2) is 7.67. The van der Waals surface area contributed by atoms with Crippen molar-refractivity contribution in [1.82, 2.24) is 15.2 Å². The fraction of sp³-hybridized carbons (Fsp3) is 0.429. The number of halogens is 3. The molecule has 5 nitrogen and oxygen atoms in total. The van der Waals surface area contributed by atoms with Crippen molar-refractivity contribution >= 4 is 5.91 Å². The molecule has 154 valence electrons. The molecule has 0 radical (unpaired) electrons. The van der Waals surface area contributed by atoms with Crippen molar-refractivity contribution in [2.75, 3.05) is 20.2 Å². The first-order valence-corrected chi connectivity index (χ1v) is 9.58. The normalized spacial score (nSPS) is 24.1. The highest BCUT2D eigenvalue weighted by atomic mass is 19.3. The molecule has 1 amide bonds. The summed E-state index contributed by atoms with van der Waals surface area (Å²) in [6.45, 7) is -0.0220. The number of carbonyl (C=O) groups is 1. The molecule has 4 rings (SSSR count). The predicted octanol–water partition coefficient (Wildman–Crippen LogP) is 3.56. The van der Waals surface area contributed by atoms with Gasteiger partial charge in [-0.1, -0.05) is 0 Å². The van der Waals surface area contributed by atoms with Crippen molar-refractivity contribution < 1.29 is 22.7 Å². The lowest BCUT2D eigenvalue weighted by Crippen LogP contribution is -2.47. The maximum Gasteiger partial charge on any atom is 0.272 e. The van der Waals surface area contributed by atoms with Gasteiger partial charge in [0.15, 0.2) is 0 Å². The van der Waals surface area contributed by atoms with E-state index in [0.29, 0.717) is 5.56 Å². The Morgan fingerprint density at radius 2 is 2.14 bits per heavy atom. The summed E-state index contributed by atoms with van der Waals surface area (Å²) in [6.07, 6.45) is 1.24. The third kappa shape index (κ3) is 3.81. The predicted molar refractivity (Wildman–Crippen MR) is 101 cm³/mol. The zero-order valence-corrected chi connectivity index (χ0v) is 16.0. The highest BCUT2D eigenvalue weighted by Crippen LogP contribution is 2.39. The molecule has 0 aliphatic carbocycles. The molecule has 0 bridgehead atoms. The van der Waals surface area contributed by atoms with E-state index in [-0.39, 0.29) is 23.3 Å². The molecule has 3 heterocycles. The number of alkyl halides is 2. The number of hydrogen-bond donors (Lipinski definition) is 1. The summed E-state index contributed by atoms with van der Waals surface area (Å²) in [5.41, 5.74) is 1.02. The highest BCUT2D eigenvalue weighted by Gasteiger charge is 2.50. The van der Waals surface area contributed by atoms with Crippen LogP contribution in [0.4, 0.5) is 13.2 Å². The van der Waals surface area contributed by atoms with E-state index in [0.717, 1.165) is 31.5 Å². The van der Waals surface area contributed by atoms with E-state index in [1.807, 2.05) is 0 Å². The van der Waals surface area contributed by atoms with Gasteiger partial charge in [-0.15, -0.1) is 0 Å². The van der Waals surface area contributed by atoms with Gasteiger partial charge in [-0.25, -0.2) is 13.2 Å². The van der Waals surface area contributed by atoms with Gasteiger partial charge in [0.2, 0.25) is 5.91 Å². The van der Waals surface area contributed by atoms with Crippen LogP contribution in [0.1, 0.15) is 31.0 Å². The lowest BCUT2D eigenvalue weighted by molar-refractivity contribution is -0.131. The number of pyridine rings is 1. The van der Waals surface area contributed by atoms with Gasteiger partial charge >= 0.3 is 0 Å². The first kappa shape index (κ1) is 19.7. The Morgan fingerprint density at radius 3 is 2.86 bits per heavy atom. The molecule has 2 saturated heterocycles. The van der Waals surface area contributed by atoms with Gasteiger partial charge in [0, 0.05) is 25.4 Å². The maximum absolute atomic E-state index is 14.4. The number of benzene rings is 1. The molecular formula is C21H22F3N3O2. The SMILES string of the molecule is CN1CC[C@@]2(CC[C@H](c3cc(-c4cc(OCC(F)F)ccc4F)ccn3)N2)C1=O. The smallest absolute Gasteiger partial charge is 0.272 e. The summed E-state index contributed by atoms with van der Waals surface area (Å²) in [5, 5.41) is 3.44. The number of aromatic nitrogens is 1. The van der Waals surface area contributed by atoms with Gasteiger partial charge in [-0.2, -0.15) is 0 Å². The van der Waals surface area contributed by atoms with Crippen molar-refractivity contribution in [3.8, 4) is 16.9 Å². The van der Waals surface area contributed by atoms with Crippen LogP contribution in [0.5, 0.6) is 5.75 Å². The van der Waals surface area contributed by atoms with Crippen LogP contribution in [0, 0.1) is 5.82 Å². The number of nitrogens with zero attached hydrogens (tertiary/aromatic N) is 2. The van der Waals surface area contributed by atoms with Gasteiger partial charge in [-0.3, -0.25) is 15.1 Å². The Labute approximate surface area is 166 Å². The van der Waals surface area contributed by atoms with Crippen molar-refractivity contribution in [1.29, 1.82) is 0 Å². The molecule has 1 aromatic carbocycles. The molecular weight excluding hydrogens is 383 g/mol. The second-order valence-corrected chi connectivity index (χ2v) is 7.61. The molecule has 2 atom stereocenters. The Kier molecular flexibility index (Phi) is 5.21. The molecule has 1 aromatic heterocycles. The molecule has 2 fully saturated rings. The first-order chi connectivity index (χ1) is 13.9. The standard InChI is InChI=1S/C21H22F3N3O2/c1-27-9-7-21(20(27)28)6-4-17(26-21)18-10-13(5-8-25-18)15-11-14(2-3-16(15)22)29-12-19(23)24/h2-3,5,8,10-11,17,19,26H,4,6-7,9,12H2,1H3/t17-,21+/m1/s1. The average Bonchev–Trinajstić information content (AvgIpc) is 3.27. The fourth-order valence-electron chi connectivity index (χ4n) is 4.17. The fourth-order valence-corrected chi connectivity index (χ4v) is 4.17. The molecule has 0 unspecified atom stereocenters. The van der Waals surface area contributed by atoms with Crippen LogP contribution in [-0.4, -0.2) is 48.0 Å². The largest absolute Gasteiger partial charge is 0.488 e. The molecule has 1 N–H and O–H groups in total. The Balaban J connectivity index is 1.57. The van der Waals surface area contributed by atoms with E-state index in [4.69, 9.17) is 4.74 Å². The van der Waals surface area contributed by atoms with Crippen LogP contribution in [-0.2, 0) is 4.79 Å². The third-order valence-electron chi connectivity index (χ3n) is 5.70. The summed E-state index contributed by atoms with van der Waals surface area (Å²) in [4.78, 5) is 18.7. The van der Waals surface area contributed by atoms with Crippen molar-refractivity contribution in [2.24, 2.45) is 0 Å². The number of likely N-dealkylation sites (N-methyl/N-ethyl adjacent to an activating group) is 1. The van der Waals surface area contributed by atoms with Crippen LogP contribution in [0.3, 0.4) is 0 Å². The van der Waals surface area contributed by atoms with E-state index in [1.165, 1.54) is 18.2 Å². The lowest BCUT2D eigenvalue weighted by Gasteiger charge is -2.23. The number of hydrogen-bond acceptors (Lipinski definition) is 4. The van der Waals surface area contributed by atoms with Gasteiger partial charge in [-0.05, 0) is 55.2 Å². The van der Waals surface area contributed by atoms with Crippen LogP contribution in [0.25, 0.3) is 11.1 Å². The van der Waals surface area contributed by atoms with Crippen LogP contribution in [0.15, 0.2) is 36.5 Å². The quantitative estimate of drug-likeness (QED) is 0.827. The van der Waals surface area contributed by atoms with Gasteiger partial charge in [0.05, 0.1) is 11.7 Å². The number of likely N-dealkylation sites (tertiary alicyclic amines) is 1. The number of carbonyl (C=O) groups excluding carboxylic acids is 1. The van der Waals surface area contributed by atoms with Crippen LogP contribution >= 0.6 is 0 Å². The molecule has 2 aromatic rings. The zero-order valence-electron chi connectivity index (χ0n) is 16.0. The number of amides is 1. The maximum atomic E-state index is 14.4. The average molecular weight is 405 g/mol. The Morgan fingerprint density at radius 1 is 1.31 bits per heavy atom. The highest BCUT2D eigenvalue weighted by molar-refractivity contribution is 5.88. The number of ether oxygens (including phenoxy) is 1. The van der Waals surface area contributed by atoms with E-state index < -0.39 is 24.4 Å². The van der Waals surface area contributed by atoms with Crippen LogP contribution < -0.4 is 10.1 Å². The minimum Gasteiger partial charge on any atom is -0.488 e. The van der Waals surface area contributed by atoms with Crippen LogP contribution in [0.2, 0.25) is 0 Å². The van der Waals surface area contributed by atoms with E-state index in [1.54, 1.807) is 30.3 Å². The zero-order chi connectivity index (χ0) is 20.6. The Hall–Kier alpha value is -2.61. The summed E-state index contributed by atoms with van der Waals surface area (Å²) in [6, 6.07) is 7.27. The number of rotatable bonds is 5. The summed E-state index contributed by atoms with van der Waals surface area (Å²) < 4.78 is 44.2. The molecule has 0 saturated carbocycles. The van der Waals surface area contributed by atoms with E-state index >= 15 is 0 Å². The van der Waals surface area contributed by atoms with Crippen molar-refractivity contribution in [2.45, 2.75) is 37.3 Å². The lowest BCUT2D eigenvalue weighted by atomic mass is 9.96. The van der Waals surface area contributed by atoms with E-state index in [9.17, 15) is 18.0 Å². The van der Waals surface area contributed by atoms with Crippen molar-refractivity contribution in [3.05, 3.63) is 48.0 Å². The first-order valence-electron chi connectivity index (χ1n) is 9.58. The molecule has 8 heteroatoms. The molecule has 2 aliphatic heterocycles. The minimum atomic E-state index is -2.60. The second-order valence-electron chi connectivity index (χ2n) is 7.61. The summed E-state index contributed by atoms with van der Waals surface area (Å²) >= 11 is 0. The number of nitrogens with one attached hydrogen (secondary N) is 1. The third-order valence-corrected chi connectivity index (χ3v) is 5.70. The van der Waals surface area contributed by atoms with Crippen molar-refractivity contribution in [3.63, 3.8) is 0 Å². The molecule has 1 spiro atoms. The topological polar surface area (TPSA) is 54.5 Å². The van der Waals surface area contributed by atoms with E-state index in [2.05, 4.69) is 10.3 Å². The summed E-state index contributed by atoms with van der Waals surface area (Å²) in [5.74, 6) is -0.196.